The predicted octanol–water partition coefficient (Wildman–Crippen LogP) is 0.153. The number of sulfone groups is 1. The van der Waals surface area contributed by atoms with E-state index in [0.29, 0.717) is 6.42 Å². The molecule has 2 unspecified atom stereocenters. The van der Waals surface area contributed by atoms with Crippen molar-refractivity contribution in [1.82, 2.24) is 0 Å². The standard InChI is InChI=1S/C7H10O3S/c8-6-4-11(9,10)7-3-1-2-5(6)7/h5,7H,1-4H2. The van der Waals surface area contributed by atoms with Crippen LogP contribution in [0.15, 0.2) is 0 Å². The first-order valence-electron chi connectivity index (χ1n) is 3.85. The largest absolute Gasteiger partial charge is 0.298 e. The van der Waals surface area contributed by atoms with Gasteiger partial charge in [-0.1, -0.05) is 6.42 Å². The molecule has 2 rings (SSSR count). The first-order chi connectivity index (χ1) is 5.11. The normalized spacial score (nSPS) is 40.9. The third-order valence-electron chi connectivity index (χ3n) is 2.67. The Morgan fingerprint density at radius 2 is 2.00 bits per heavy atom. The summed E-state index contributed by atoms with van der Waals surface area (Å²) in [6.45, 7) is 0. The van der Waals surface area contributed by atoms with E-state index in [-0.39, 0.29) is 22.7 Å². The van der Waals surface area contributed by atoms with Crippen molar-refractivity contribution in [2.24, 2.45) is 5.92 Å². The van der Waals surface area contributed by atoms with Gasteiger partial charge in [0.05, 0.1) is 5.25 Å². The molecule has 0 bridgehead atoms. The Hall–Kier alpha value is -0.380. The summed E-state index contributed by atoms with van der Waals surface area (Å²) in [6.07, 6.45) is 2.40. The maximum absolute atomic E-state index is 11.2. The lowest BCUT2D eigenvalue weighted by atomic mass is 10.0. The van der Waals surface area contributed by atoms with E-state index in [1.807, 2.05) is 0 Å². The summed E-state index contributed by atoms with van der Waals surface area (Å²) in [5.41, 5.74) is 0. The van der Waals surface area contributed by atoms with Crippen molar-refractivity contribution in [3.05, 3.63) is 0 Å². The van der Waals surface area contributed by atoms with Gasteiger partial charge in [0.25, 0.3) is 0 Å². The van der Waals surface area contributed by atoms with Crippen molar-refractivity contribution in [2.75, 3.05) is 5.75 Å². The number of carbonyl (C=O) groups is 1. The van der Waals surface area contributed by atoms with Crippen LogP contribution < -0.4 is 0 Å². The Morgan fingerprint density at radius 3 is 2.64 bits per heavy atom. The molecule has 0 aromatic rings. The van der Waals surface area contributed by atoms with Gasteiger partial charge in [0.15, 0.2) is 15.6 Å². The highest BCUT2D eigenvalue weighted by molar-refractivity contribution is 7.93. The number of Topliss-reactive ketones (excluding diaryl/α,β-unsaturated/α-hetero) is 1. The van der Waals surface area contributed by atoms with Crippen LogP contribution in [0.4, 0.5) is 0 Å². The molecule has 62 valence electrons. The number of ketones is 1. The average Bonchev–Trinajstić information content (AvgIpc) is 2.37. The number of fused-ring (bicyclic) bond motifs is 1. The zero-order valence-corrected chi connectivity index (χ0v) is 6.93. The smallest absolute Gasteiger partial charge is 0.160 e. The van der Waals surface area contributed by atoms with Crippen LogP contribution in [-0.2, 0) is 14.6 Å². The number of hydrogen-bond donors (Lipinski definition) is 0. The van der Waals surface area contributed by atoms with Gasteiger partial charge < -0.3 is 0 Å². The van der Waals surface area contributed by atoms with E-state index in [9.17, 15) is 13.2 Å². The molecule has 0 amide bonds. The van der Waals surface area contributed by atoms with Crippen molar-refractivity contribution in [3.8, 4) is 0 Å². The SMILES string of the molecule is O=C1CS(=O)(=O)C2CCCC12. The fourth-order valence-electron chi connectivity index (χ4n) is 2.14. The number of carbonyl (C=O) groups excluding carboxylic acids is 1. The van der Waals surface area contributed by atoms with Crippen LogP contribution in [0.1, 0.15) is 19.3 Å². The molecule has 1 aliphatic heterocycles. The molecule has 2 atom stereocenters. The minimum absolute atomic E-state index is 0.0486. The Kier molecular flexibility index (Phi) is 1.36. The van der Waals surface area contributed by atoms with Crippen molar-refractivity contribution in [2.45, 2.75) is 24.5 Å². The maximum atomic E-state index is 11.2. The van der Waals surface area contributed by atoms with E-state index in [1.54, 1.807) is 0 Å². The summed E-state index contributed by atoms with van der Waals surface area (Å²) in [7, 11) is -3.02. The maximum Gasteiger partial charge on any atom is 0.160 e. The first-order valence-corrected chi connectivity index (χ1v) is 5.57. The van der Waals surface area contributed by atoms with Crippen molar-refractivity contribution >= 4 is 15.6 Å². The molecule has 0 spiro atoms. The van der Waals surface area contributed by atoms with Gasteiger partial charge in [0, 0.05) is 5.92 Å². The summed E-state index contributed by atoms with van der Waals surface area (Å²) in [6, 6.07) is 0. The summed E-state index contributed by atoms with van der Waals surface area (Å²) >= 11 is 0. The number of rotatable bonds is 0. The second kappa shape index (κ2) is 2.06. The fourth-order valence-corrected chi connectivity index (χ4v) is 4.28. The molecular formula is C7H10O3S. The molecule has 0 radical (unpaired) electrons. The molecule has 1 heterocycles. The summed E-state index contributed by atoms with van der Waals surface area (Å²) < 4.78 is 22.5. The van der Waals surface area contributed by atoms with Gasteiger partial charge in [-0.15, -0.1) is 0 Å². The van der Waals surface area contributed by atoms with E-state index < -0.39 is 9.84 Å². The monoisotopic (exact) mass is 174 g/mol. The molecule has 0 aromatic heterocycles. The van der Waals surface area contributed by atoms with E-state index in [4.69, 9.17) is 0 Å². The minimum atomic E-state index is -3.02. The van der Waals surface area contributed by atoms with Gasteiger partial charge in [-0.25, -0.2) is 8.42 Å². The molecule has 3 nitrogen and oxygen atoms in total. The molecule has 1 saturated heterocycles. The van der Waals surface area contributed by atoms with Crippen LogP contribution in [0, 0.1) is 5.92 Å². The zero-order valence-electron chi connectivity index (χ0n) is 6.12. The Balaban J connectivity index is 2.42. The van der Waals surface area contributed by atoms with E-state index in [2.05, 4.69) is 0 Å². The van der Waals surface area contributed by atoms with Gasteiger partial charge in [-0.2, -0.15) is 0 Å². The highest BCUT2D eigenvalue weighted by Gasteiger charge is 2.48. The topological polar surface area (TPSA) is 51.2 Å². The average molecular weight is 174 g/mol. The highest BCUT2D eigenvalue weighted by Crippen LogP contribution is 2.37. The first kappa shape index (κ1) is 7.28. The lowest BCUT2D eigenvalue weighted by Crippen LogP contribution is -2.17. The van der Waals surface area contributed by atoms with Gasteiger partial charge in [-0.05, 0) is 12.8 Å². The Bertz CT molecular complexity index is 291. The van der Waals surface area contributed by atoms with Crippen LogP contribution in [0.3, 0.4) is 0 Å². The van der Waals surface area contributed by atoms with Crippen LogP contribution in [0.25, 0.3) is 0 Å². The van der Waals surface area contributed by atoms with E-state index in [1.165, 1.54) is 0 Å². The van der Waals surface area contributed by atoms with Crippen LogP contribution in [0.5, 0.6) is 0 Å². The van der Waals surface area contributed by atoms with Gasteiger partial charge in [0.1, 0.15) is 5.75 Å². The highest BCUT2D eigenvalue weighted by atomic mass is 32.2. The second-order valence-corrected chi connectivity index (χ2v) is 5.57. The molecule has 1 aliphatic carbocycles. The van der Waals surface area contributed by atoms with Gasteiger partial charge >= 0.3 is 0 Å². The zero-order chi connectivity index (χ0) is 8.06. The fraction of sp³-hybridized carbons (Fsp3) is 0.857. The molecular weight excluding hydrogens is 164 g/mol. The van der Waals surface area contributed by atoms with Crippen molar-refractivity contribution in [3.63, 3.8) is 0 Å². The summed E-state index contributed by atoms with van der Waals surface area (Å²) in [5, 5.41) is -0.310. The van der Waals surface area contributed by atoms with Crippen molar-refractivity contribution < 1.29 is 13.2 Å². The third kappa shape index (κ3) is 0.922. The van der Waals surface area contributed by atoms with E-state index >= 15 is 0 Å². The third-order valence-corrected chi connectivity index (χ3v) is 4.84. The number of hydrogen-bond acceptors (Lipinski definition) is 3. The van der Waals surface area contributed by atoms with Crippen LogP contribution in [0.2, 0.25) is 0 Å². The van der Waals surface area contributed by atoms with Gasteiger partial charge in [0.2, 0.25) is 0 Å². The molecule has 2 aliphatic rings. The van der Waals surface area contributed by atoms with Crippen LogP contribution in [-0.4, -0.2) is 25.2 Å². The van der Waals surface area contributed by atoms with Crippen molar-refractivity contribution in [1.29, 1.82) is 0 Å². The van der Waals surface area contributed by atoms with E-state index in [0.717, 1.165) is 12.8 Å². The predicted molar refractivity (Wildman–Crippen MR) is 39.9 cm³/mol. The molecule has 2 fully saturated rings. The lowest BCUT2D eigenvalue weighted by Gasteiger charge is -2.03. The molecule has 0 aromatic carbocycles. The van der Waals surface area contributed by atoms with Gasteiger partial charge in [-0.3, -0.25) is 4.79 Å². The molecule has 1 saturated carbocycles. The second-order valence-electron chi connectivity index (χ2n) is 3.35. The quantitative estimate of drug-likeness (QED) is 0.525. The summed E-state index contributed by atoms with van der Waals surface area (Å²) in [5.74, 6) is -0.380. The Morgan fingerprint density at radius 1 is 1.27 bits per heavy atom. The minimum Gasteiger partial charge on any atom is -0.298 e. The lowest BCUT2D eigenvalue weighted by molar-refractivity contribution is -0.119. The molecule has 11 heavy (non-hydrogen) atoms. The summed E-state index contributed by atoms with van der Waals surface area (Å²) in [4.78, 5) is 11.1. The molecule has 0 N–H and O–H groups in total. The molecule has 4 heteroatoms. The Labute approximate surface area is 65.7 Å². The van der Waals surface area contributed by atoms with Crippen LogP contribution >= 0.6 is 0 Å².